The van der Waals surface area contributed by atoms with Gasteiger partial charge in [-0.1, -0.05) is 12.1 Å². The predicted octanol–water partition coefficient (Wildman–Crippen LogP) is 1.75. The normalized spacial score (nSPS) is 12.9. The van der Waals surface area contributed by atoms with Crippen molar-refractivity contribution < 1.29 is 4.52 Å². The molecule has 0 aliphatic heterocycles. The number of nitrogens with two attached hydrogens (primary N) is 1. The summed E-state index contributed by atoms with van der Waals surface area (Å²) in [6.45, 7) is 10.6. The van der Waals surface area contributed by atoms with Crippen LogP contribution in [0, 0.1) is 6.92 Å². The number of hydrogen-bond donors (Lipinski definition) is 2. The Labute approximate surface area is 102 Å². The Kier molecular flexibility index (Phi) is 4.15. The molecular formula is C12H22N4O. The highest BCUT2D eigenvalue weighted by molar-refractivity contribution is 5.78. The Morgan fingerprint density at radius 1 is 1.47 bits per heavy atom. The van der Waals surface area contributed by atoms with E-state index in [0.29, 0.717) is 12.5 Å². The van der Waals surface area contributed by atoms with Crippen LogP contribution in [-0.2, 0) is 13.0 Å². The zero-order valence-corrected chi connectivity index (χ0v) is 11.3. The monoisotopic (exact) mass is 238 g/mol. The standard InChI is InChI=1S/C12H22N4O/c1-6-10-9(8(2)17-16-10)7-14-11(13)15-12(3,4)5/h6-7H2,1-5H3,(H3,13,14,15). The Morgan fingerprint density at radius 2 is 2.12 bits per heavy atom. The van der Waals surface area contributed by atoms with Gasteiger partial charge in [0.05, 0.1) is 12.2 Å². The van der Waals surface area contributed by atoms with E-state index < -0.39 is 0 Å². The number of hydrogen-bond acceptors (Lipinski definition) is 3. The van der Waals surface area contributed by atoms with Crippen molar-refractivity contribution in [3.63, 3.8) is 0 Å². The van der Waals surface area contributed by atoms with Crippen LogP contribution in [0.4, 0.5) is 0 Å². The van der Waals surface area contributed by atoms with Gasteiger partial charge < -0.3 is 15.6 Å². The summed E-state index contributed by atoms with van der Waals surface area (Å²) < 4.78 is 5.14. The van der Waals surface area contributed by atoms with E-state index in [1.807, 2.05) is 34.6 Å². The van der Waals surface area contributed by atoms with Crippen LogP contribution in [0.25, 0.3) is 0 Å². The van der Waals surface area contributed by atoms with Crippen LogP contribution in [0.2, 0.25) is 0 Å². The first kappa shape index (κ1) is 13.5. The first-order valence-corrected chi connectivity index (χ1v) is 5.85. The molecule has 1 aromatic rings. The Morgan fingerprint density at radius 3 is 2.65 bits per heavy atom. The number of aliphatic imine (C=N–C) groups is 1. The minimum Gasteiger partial charge on any atom is -0.370 e. The molecule has 0 unspecified atom stereocenters. The van der Waals surface area contributed by atoms with Crippen molar-refractivity contribution in [3.05, 3.63) is 17.0 Å². The molecule has 0 fully saturated rings. The van der Waals surface area contributed by atoms with Crippen molar-refractivity contribution in [2.45, 2.75) is 53.1 Å². The van der Waals surface area contributed by atoms with Crippen LogP contribution < -0.4 is 11.1 Å². The fraction of sp³-hybridized carbons (Fsp3) is 0.667. The summed E-state index contributed by atoms with van der Waals surface area (Å²) in [5.41, 5.74) is 7.71. The van der Waals surface area contributed by atoms with E-state index in [9.17, 15) is 0 Å². The minimum absolute atomic E-state index is 0.0785. The maximum absolute atomic E-state index is 5.81. The third kappa shape index (κ3) is 4.09. The number of aryl methyl sites for hydroxylation is 2. The number of rotatable bonds is 3. The summed E-state index contributed by atoms with van der Waals surface area (Å²) in [5.74, 6) is 1.26. The number of nitrogens with zero attached hydrogens (tertiary/aromatic N) is 2. The van der Waals surface area contributed by atoms with E-state index in [1.165, 1.54) is 0 Å². The molecular weight excluding hydrogens is 216 g/mol. The van der Waals surface area contributed by atoms with Crippen molar-refractivity contribution in [2.75, 3.05) is 0 Å². The molecule has 0 aliphatic carbocycles. The Hall–Kier alpha value is -1.52. The van der Waals surface area contributed by atoms with Gasteiger partial charge in [-0.25, -0.2) is 4.99 Å². The smallest absolute Gasteiger partial charge is 0.189 e. The maximum Gasteiger partial charge on any atom is 0.189 e. The van der Waals surface area contributed by atoms with Gasteiger partial charge in [-0.15, -0.1) is 0 Å². The molecule has 0 atom stereocenters. The lowest BCUT2D eigenvalue weighted by Gasteiger charge is -2.20. The third-order valence-electron chi connectivity index (χ3n) is 2.31. The molecule has 0 amide bonds. The van der Waals surface area contributed by atoms with E-state index in [4.69, 9.17) is 10.3 Å². The van der Waals surface area contributed by atoms with Crippen LogP contribution in [0.5, 0.6) is 0 Å². The minimum atomic E-state index is -0.0785. The summed E-state index contributed by atoms with van der Waals surface area (Å²) >= 11 is 0. The fourth-order valence-electron chi connectivity index (χ4n) is 1.51. The zero-order chi connectivity index (χ0) is 13.1. The van der Waals surface area contributed by atoms with Crippen LogP contribution in [0.1, 0.15) is 44.7 Å². The molecule has 1 heterocycles. The summed E-state index contributed by atoms with van der Waals surface area (Å²) in [7, 11) is 0. The molecule has 0 bridgehead atoms. The fourth-order valence-corrected chi connectivity index (χ4v) is 1.51. The second kappa shape index (κ2) is 5.21. The molecule has 0 saturated heterocycles. The lowest BCUT2D eigenvalue weighted by Crippen LogP contribution is -2.45. The molecule has 5 heteroatoms. The molecule has 5 nitrogen and oxygen atoms in total. The zero-order valence-electron chi connectivity index (χ0n) is 11.3. The lowest BCUT2D eigenvalue weighted by atomic mass is 10.1. The van der Waals surface area contributed by atoms with Crippen LogP contribution in [0.15, 0.2) is 9.52 Å². The molecule has 1 rings (SSSR count). The van der Waals surface area contributed by atoms with Crippen molar-refractivity contribution >= 4 is 5.96 Å². The first-order chi connectivity index (χ1) is 7.83. The quantitative estimate of drug-likeness (QED) is 0.621. The van der Waals surface area contributed by atoms with E-state index in [0.717, 1.165) is 23.4 Å². The third-order valence-corrected chi connectivity index (χ3v) is 2.31. The molecule has 0 aromatic carbocycles. The van der Waals surface area contributed by atoms with Crippen molar-refractivity contribution in [1.82, 2.24) is 10.5 Å². The largest absolute Gasteiger partial charge is 0.370 e. The Bertz CT molecular complexity index is 401. The predicted molar refractivity (Wildman–Crippen MR) is 68.8 cm³/mol. The van der Waals surface area contributed by atoms with E-state index in [-0.39, 0.29) is 5.54 Å². The number of aromatic nitrogens is 1. The SMILES string of the molecule is CCc1noc(C)c1CN=C(N)NC(C)(C)C. The molecule has 1 aromatic heterocycles. The van der Waals surface area contributed by atoms with Crippen LogP contribution >= 0.6 is 0 Å². The summed E-state index contributed by atoms with van der Waals surface area (Å²) in [6, 6.07) is 0. The van der Waals surface area contributed by atoms with Gasteiger partial charge >= 0.3 is 0 Å². The molecule has 3 N–H and O–H groups in total. The van der Waals surface area contributed by atoms with Crippen molar-refractivity contribution in [3.8, 4) is 0 Å². The van der Waals surface area contributed by atoms with Crippen LogP contribution in [0.3, 0.4) is 0 Å². The molecule has 0 saturated carbocycles. The highest BCUT2D eigenvalue weighted by Gasteiger charge is 2.12. The van der Waals surface area contributed by atoms with E-state index in [1.54, 1.807) is 0 Å². The van der Waals surface area contributed by atoms with Gasteiger partial charge in [0.15, 0.2) is 5.96 Å². The summed E-state index contributed by atoms with van der Waals surface area (Å²) in [6.07, 6.45) is 0.842. The van der Waals surface area contributed by atoms with Gasteiger partial charge in [0.2, 0.25) is 0 Å². The molecule has 0 aliphatic rings. The maximum atomic E-state index is 5.81. The molecule has 0 radical (unpaired) electrons. The van der Waals surface area contributed by atoms with Crippen molar-refractivity contribution in [1.29, 1.82) is 0 Å². The summed E-state index contributed by atoms with van der Waals surface area (Å²) in [5, 5.41) is 7.10. The van der Waals surface area contributed by atoms with E-state index in [2.05, 4.69) is 15.5 Å². The van der Waals surface area contributed by atoms with Gasteiger partial charge in [0.25, 0.3) is 0 Å². The number of guanidine groups is 1. The van der Waals surface area contributed by atoms with Crippen LogP contribution in [-0.4, -0.2) is 16.7 Å². The van der Waals surface area contributed by atoms with Gasteiger partial charge in [-0.2, -0.15) is 0 Å². The second-order valence-electron chi connectivity index (χ2n) is 5.09. The average molecular weight is 238 g/mol. The molecule has 96 valence electrons. The highest BCUT2D eigenvalue weighted by atomic mass is 16.5. The van der Waals surface area contributed by atoms with Gasteiger partial charge in [-0.05, 0) is 34.1 Å². The molecule has 0 spiro atoms. The van der Waals surface area contributed by atoms with E-state index >= 15 is 0 Å². The van der Waals surface area contributed by atoms with Gasteiger partial charge in [0, 0.05) is 11.1 Å². The second-order valence-corrected chi connectivity index (χ2v) is 5.09. The van der Waals surface area contributed by atoms with Gasteiger partial charge in [0.1, 0.15) is 5.76 Å². The number of nitrogens with one attached hydrogen (secondary N) is 1. The lowest BCUT2D eigenvalue weighted by molar-refractivity contribution is 0.390. The molecule has 17 heavy (non-hydrogen) atoms. The Balaban J connectivity index is 2.72. The highest BCUT2D eigenvalue weighted by Crippen LogP contribution is 2.14. The van der Waals surface area contributed by atoms with Gasteiger partial charge in [-0.3, -0.25) is 0 Å². The average Bonchev–Trinajstić information content (AvgIpc) is 2.53. The first-order valence-electron chi connectivity index (χ1n) is 5.85. The summed E-state index contributed by atoms with van der Waals surface area (Å²) in [4.78, 5) is 4.30. The topological polar surface area (TPSA) is 76.4 Å². The van der Waals surface area contributed by atoms with Crippen molar-refractivity contribution in [2.24, 2.45) is 10.7 Å².